The number of sulfone groups is 1. The van der Waals surface area contributed by atoms with Crippen LogP contribution in [0.25, 0.3) is 0 Å². The maximum absolute atomic E-state index is 13.0. The Morgan fingerprint density at radius 2 is 1.78 bits per heavy atom. The van der Waals surface area contributed by atoms with Gasteiger partial charge in [0, 0.05) is 12.2 Å². The quantitative estimate of drug-likeness (QED) is 0.596. The van der Waals surface area contributed by atoms with Crippen molar-refractivity contribution in [2.75, 3.05) is 16.5 Å². The van der Waals surface area contributed by atoms with Gasteiger partial charge in [0.2, 0.25) is 5.91 Å². The number of amides is 3. The van der Waals surface area contributed by atoms with Crippen LogP contribution in [0.15, 0.2) is 34.5 Å². The van der Waals surface area contributed by atoms with E-state index in [9.17, 15) is 27.6 Å². The normalized spacial score (nSPS) is 14.2. The maximum atomic E-state index is 13.0. The predicted octanol–water partition coefficient (Wildman–Crippen LogP) is 1.86. The number of carboxylic acid groups (broad SMARTS) is 1. The molecule has 32 heavy (non-hydrogen) atoms. The first-order valence-electron chi connectivity index (χ1n) is 9.74. The Morgan fingerprint density at radius 3 is 2.34 bits per heavy atom. The van der Waals surface area contributed by atoms with Crippen molar-refractivity contribution in [2.24, 2.45) is 5.92 Å². The number of carbonyl (C=O) groups excluding carboxylic acids is 3. The molecule has 1 saturated carbocycles. The van der Waals surface area contributed by atoms with Gasteiger partial charge in [-0.15, -0.1) is 0 Å². The summed E-state index contributed by atoms with van der Waals surface area (Å²) >= 11 is 0.545. The third kappa shape index (κ3) is 5.37. The Labute approximate surface area is 188 Å². The highest BCUT2D eigenvalue weighted by Crippen LogP contribution is 2.30. The number of thiazole rings is 1. The van der Waals surface area contributed by atoms with Crippen molar-refractivity contribution in [1.82, 2.24) is 4.98 Å². The van der Waals surface area contributed by atoms with E-state index in [1.165, 1.54) is 12.1 Å². The fraction of sp³-hybridized carbons (Fsp3) is 0.350. The summed E-state index contributed by atoms with van der Waals surface area (Å²) in [5, 5.41) is 10.9. The minimum Gasteiger partial charge on any atom is -0.481 e. The first kappa shape index (κ1) is 23.5. The largest absolute Gasteiger partial charge is 0.481 e. The van der Waals surface area contributed by atoms with Crippen LogP contribution in [0.4, 0.5) is 10.8 Å². The molecule has 2 aromatic rings. The van der Waals surface area contributed by atoms with Crippen LogP contribution in [0.2, 0.25) is 0 Å². The van der Waals surface area contributed by atoms with Gasteiger partial charge in [0.15, 0.2) is 15.0 Å². The second kappa shape index (κ2) is 9.57. The topological polar surface area (TPSA) is 151 Å². The molecule has 170 valence electrons. The van der Waals surface area contributed by atoms with E-state index < -0.39 is 39.9 Å². The van der Waals surface area contributed by atoms with E-state index in [2.05, 4.69) is 10.3 Å². The summed E-state index contributed by atoms with van der Waals surface area (Å²) in [6.07, 6.45) is 3.19. The molecule has 0 atom stereocenters. The predicted molar refractivity (Wildman–Crippen MR) is 116 cm³/mol. The number of nitrogens with one attached hydrogen (secondary N) is 1. The van der Waals surface area contributed by atoms with Crippen LogP contribution < -0.4 is 10.2 Å². The van der Waals surface area contributed by atoms with Gasteiger partial charge in [-0.05, 0) is 25.0 Å². The van der Waals surface area contributed by atoms with Crippen molar-refractivity contribution in [1.29, 1.82) is 0 Å². The van der Waals surface area contributed by atoms with Crippen molar-refractivity contribution >= 4 is 55.7 Å². The van der Waals surface area contributed by atoms with Crippen molar-refractivity contribution in [3.05, 3.63) is 36.0 Å². The van der Waals surface area contributed by atoms with E-state index in [0.29, 0.717) is 24.2 Å². The minimum absolute atomic E-state index is 0.241. The molecule has 0 unspecified atom stereocenters. The molecule has 1 aliphatic carbocycles. The molecule has 1 heterocycles. The summed E-state index contributed by atoms with van der Waals surface area (Å²) in [4.78, 5) is 54.4. The van der Waals surface area contributed by atoms with Crippen LogP contribution in [0.1, 0.15) is 31.4 Å². The van der Waals surface area contributed by atoms with Crippen LogP contribution in [-0.2, 0) is 35.4 Å². The van der Waals surface area contributed by atoms with E-state index in [4.69, 9.17) is 5.11 Å². The molecule has 1 aliphatic rings. The molecule has 12 heteroatoms. The Bertz CT molecular complexity index is 1150. The van der Waals surface area contributed by atoms with Gasteiger partial charge in [0.05, 0.1) is 17.8 Å². The van der Waals surface area contributed by atoms with E-state index in [1.807, 2.05) is 0 Å². The fourth-order valence-electron chi connectivity index (χ4n) is 3.46. The SMILES string of the molecule is CS(=O)(=O)c1sc(NC(=O)C(=O)N(C(=O)C2CCCC2)c2ccccc2)nc1CC(=O)O. The average molecular weight is 480 g/mol. The molecule has 3 rings (SSSR count). The van der Waals surface area contributed by atoms with Crippen LogP contribution in [-0.4, -0.2) is 48.5 Å². The van der Waals surface area contributed by atoms with Gasteiger partial charge in [0.25, 0.3) is 0 Å². The minimum atomic E-state index is -3.81. The lowest BCUT2D eigenvalue weighted by Gasteiger charge is -2.23. The molecule has 3 amide bonds. The van der Waals surface area contributed by atoms with Crippen LogP contribution in [0, 0.1) is 5.92 Å². The molecule has 1 aromatic carbocycles. The molecule has 0 saturated heterocycles. The molecular weight excluding hydrogens is 458 g/mol. The third-order valence-corrected chi connectivity index (χ3v) is 7.75. The number of aliphatic carboxylic acids is 1. The third-order valence-electron chi connectivity index (χ3n) is 4.87. The van der Waals surface area contributed by atoms with Crippen molar-refractivity contribution in [2.45, 2.75) is 36.3 Å². The first-order valence-corrected chi connectivity index (χ1v) is 12.4. The summed E-state index contributed by atoms with van der Waals surface area (Å²) in [5.41, 5.74) is 0.00164. The van der Waals surface area contributed by atoms with Crippen molar-refractivity contribution in [3.8, 4) is 0 Å². The highest BCUT2D eigenvalue weighted by atomic mass is 32.2. The summed E-state index contributed by atoms with van der Waals surface area (Å²) in [6, 6.07) is 8.04. The van der Waals surface area contributed by atoms with Gasteiger partial charge in [-0.25, -0.2) is 18.3 Å². The fourth-order valence-corrected chi connectivity index (χ4v) is 5.56. The van der Waals surface area contributed by atoms with Gasteiger partial charge in [-0.1, -0.05) is 42.4 Å². The van der Waals surface area contributed by atoms with Crippen LogP contribution in [0.3, 0.4) is 0 Å². The van der Waals surface area contributed by atoms with E-state index in [1.54, 1.807) is 18.2 Å². The number of hydrogen-bond acceptors (Lipinski definition) is 8. The summed E-state index contributed by atoms with van der Waals surface area (Å²) in [6.45, 7) is 0. The number of carbonyl (C=O) groups is 4. The number of anilines is 2. The molecule has 0 bridgehead atoms. The maximum Gasteiger partial charge on any atom is 0.323 e. The number of rotatable bonds is 6. The second-order valence-corrected chi connectivity index (χ2v) is 10.6. The number of benzene rings is 1. The van der Waals surface area contributed by atoms with Gasteiger partial charge >= 0.3 is 17.8 Å². The van der Waals surface area contributed by atoms with Gasteiger partial charge in [-0.3, -0.25) is 24.5 Å². The molecule has 0 radical (unpaired) electrons. The monoisotopic (exact) mass is 479 g/mol. The number of para-hydroxylation sites is 1. The molecule has 1 fully saturated rings. The standard InChI is InChI=1S/C20H21N3O7S2/c1-32(29,30)19-14(11-15(24)25)21-20(31-19)22-16(26)18(28)23(13-9-3-2-4-10-13)17(27)12-7-5-6-8-12/h2-4,9-10,12H,5-8,11H2,1H3,(H,24,25)(H,21,22,26). The summed E-state index contributed by atoms with van der Waals surface area (Å²) in [7, 11) is -3.81. The lowest BCUT2D eigenvalue weighted by Crippen LogP contribution is -2.46. The Kier molecular flexibility index (Phi) is 7.04. The summed E-state index contributed by atoms with van der Waals surface area (Å²) in [5.74, 6) is -4.46. The van der Waals surface area contributed by atoms with E-state index in [-0.39, 0.29) is 26.6 Å². The highest BCUT2D eigenvalue weighted by Gasteiger charge is 2.35. The zero-order valence-electron chi connectivity index (χ0n) is 17.1. The smallest absolute Gasteiger partial charge is 0.323 e. The Balaban J connectivity index is 1.88. The second-order valence-electron chi connectivity index (χ2n) is 7.35. The lowest BCUT2D eigenvalue weighted by atomic mass is 10.1. The zero-order valence-corrected chi connectivity index (χ0v) is 18.7. The van der Waals surface area contributed by atoms with Crippen molar-refractivity contribution < 1.29 is 32.7 Å². The Hall–Kier alpha value is -3.12. The van der Waals surface area contributed by atoms with E-state index in [0.717, 1.165) is 24.0 Å². The molecule has 2 N–H and O–H groups in total. The number of nitrogens with zero attached hydrogens (tertiary/aromatic N) is 2. The van der Waals surface area contributed by atoms with Gasteiger partial charge in [0.1, 0.15) is 4.21 Å². The van der Waals surface area contributed by atoms with Gasteiger partial charge < -0.3 is 5.11 Å². The Morgan fingerprint density at radius 1 is 1.16 bits per heavy atom. The molecule has 10 nitrogen and oxygen atoms in total. The lowest BCUT2D eigenvalue weighted by molar-refractivity contribution is -0.138. The zero-order chi connectivity index (χ0) is 23.5. The first-order chi connectivity index (χ1) is 15.1. The average Bonchev–Trinajstić information content (AvgIpc) is 3.38. The molecular formula is C20H21N3O7S2. The number of imide groups is 1. The van der Waals surface area contributed by atoms with Crippen molar-refractivity contribution in [3.63, 3.8) is 0 Å². The van der Waals surface area contributed by atoms with Gasteiger partial charge in [-0.2, -0.15) is 0 Å². The van der Waals surface area contributed by atoms with Crippen LogP contribution >= 0.6 is 11.3 Å². The molecule has 1 aromatic heterocycles. The molecule has 0 aliphatic heterocycles. The summed E-state index contributed by atoms with van der Waals surface area (Å²) < 4.78 is 23.6. The van der Waals surface area contributed by atoms with E-state index >= 15 is 0 Å². The number of aromatic nitrogens is 1. The molecule has 0 spiro atoms. The van der Waals surface area contributed by atoms with Crippen LogP contribution in [0.5, 0.6) is 0 Å². The number of hydrogen-bond donors (Lipinski definition) is 2. The number of carboxylic acids is 1. The highest BCUT2D eigenvalue weighted by molar-refractivity contribution is 7.92.